The zero-order valence-corrected chi connectivity index (χ0v) is 17.5. The molecule has 5 rings (SSSR count). The minimum atomic E-state index is 0.0351. The monoisotopic (exact) mass is 415 g/mol. The van der Waals surface area contributed by atoms with Crippen LogP contribution in [0.4, 0.5) is 0 Å². The molecule has 0 N–H and O–H groups in total. The molecule has 0 bridgehead atoms. The number of aromatic nitrogens is 2. The first-order valence-corrected chi connectivity index (χ1v) is 10.5. The van der Waals surface area contributed by atoms with Crippen LogP contribution in [0.2, 0.25) is 0 Å². The SMILES string of the molecule is N#CCOc1cccc2ccn(Cc3cccc(C=Cc4ccc5ccccc5n4)c3)c12. The van der Waals surface area contributed by atoms with Crippen LogP contribution in [0, 0.1) is 11.3 Å². The molecule has 0 atom stereocenters. The molecule has 0 saturated heterocycles. The van der Waals surface area contributed by atoms with Crippen molar-refractivity contribution in [2.24, 2.45) is 0 Å². The Morgan fingerprint density at radius 1 is 0.875 bits per heavy atom. The van der Waals surface area contributed by atoms with Crippen LogP contribution in [0.15, 0.2) is 91.1 Å². The van der Waals surface area contributed by atoms with Crippen LogP contribution in [0.3, 0.4) is 0 Å². The van der Waals surface area contributed by atoms with E-state index in [0.717, 1.165) is 38.8 Å². The number of nitriles is 1. The second kappa shape index (κ2) is 8.79. The van der Waals surface area contributed by atoms with E-state index in [2.05, 4.69) is 65.4 Å². The van der Waals surface area contributed by atoms with Gasteiger partial charge in [0, 0.05) is 23.5 Å². The number of nitrogens with zero attached hydrogens (tertiary/aromatic N) is 3. The Labute approximate surface area is 186 Å². The number of fused-ring (bicyclic) bond motifs is 2. The fraction of sp³-hybridized carbons (Fsp3) is 0.0714. The molecule has 5 aromatic rings. The summed E-state index contributed by atoms with van der Waals surface area (Å²) in [5.74, 6) is 0.729. The summed E-state index contributed by atoms with van der Waals surface area (Å²) < 4.78 is 7.81. The number of ether oxygens (including phenoxy) is 1. The Morgan fingerprint density at radius 3 is 2.69 bits per heavy atom. The standard InChI is InChI=1S/C28H21N3O/c29-16-18-32-27-10-4-8-24-15-17-31(28(24)27)20-22-6-3-5-21(19-22)11-13-25-14-12-23-7-1-2-9-26(23)30-25/h1-15,17,19H,18,20H2. The summed E-state index contributed by atoms with van der Waals surface area (Å²) in [4.78, 5) is 4.71. The van der Waals surface area contributed by atoms with E-state index in [-0.39, 0.29) is 6.61 Å². The van der Waals surface area contributed by atoms with Crippen molar-refractivity contribution >= 4 is 34.0 Å². The minimum Gasteiger partial charge on any atom is -0.477 e. The Balaban J connectivity index is 1.40. The Morgan fingerprint density at radius 2 is 1.75 bits per heavy atom. The van der Waals surface area contributed by atoms with Gasteiger partial charge in [0.2, 0.25) is 0 Å². The molecule has 0 aliphatic carbocycles. The minimum absolute atomic E-state index is 0.0351. The molecule has 4 heteroatoms. The fourth-order valence-corrected chi connectivity index (χ4v) is 3.93. The molecule has 0 amide bonds. The molecule has 0 aliphatic rings. The highest BCUT2D eigenvalue weighted by Gasteiger charge is 2.08. The highest BCUT2D eigenvalue weighted by molar-refractivity contribution is 5.86. The van der Waals surface area contributed by atoms with Crippen molar-refractivity contribution in [3.8, 4) is 11.8 Å². The number of benzene rings is 3. The summed E-state index contributed by atoms with van der Waals surface area (Å²) in [6.45, 7) is 0.750. The van der Waals surface area contributed by atoms with Gasteiger partial charge in [0.15, 0.2) is 6.61 Å². The molecule has 0 unspecified atom stereocenters. The van der Waals surface area contributed by atoms with Gasteiger partial charge in [-0.1, -0.05) is 60.7 Å². The van der Waals surface area contributed by atoms with E-state index in [0.29, 0.717) is 6.54 Å². The fourth-order valence-electron chi connectivity index (χ4n) is 3.93. The van der Waals surface area contributed by atoms with Crippen LogP contribution in [-0.4, -0.2) is 16.2 Å². The van der Waals surface area contributed by atoms with Crippen LogP contribution < -0.4 is 4.74 Å². The summed E-state index contributed by atoms with van der Waals surface area (Å²) >= 11 is 0. The van der Waals surface area contributed by atoms with Gasteiger partial charge in [0.05, 0.1) is 16.7 Å². The van der Waals surface area contributed by atoms with Gasteiger partial charge >= 0.3 is 0 Å². The maximum atomic E-state index is 8.88. The van der Waals surface area contributed by atoms with E-state index < -0.39 is 0 Å². The average Bonchev–Trinajstić information content (AvgIpc) is 3.25. The molecule has 0 fully saturated rings. The summed E-state index contributed by atoms with van der Waals surface area (Å²) in [5, 5.41) is 11.1. The topological polar surface area (TPSA) is 50.8 Å². The van der Waals surface area contributed by atoms with Crippen LogP contribution in [0.5, 0.6) is 5.75 Å². The number of pyridine rings is 1. The van der Waals surface area contributed by atoms with Crippen molar-refractivity contribution in [2.45, 2.75) is 6.54 Å². The van der Waals surface area contributed by atoms with E-state index in [9.17, 15) is 0 Å². The molecular formula is C28H21N3O. The van der Waals surface area contributed by atoms with E-state index in [4.69, 9.17) is 15.0 Å². The van der Waals surface area contributed by atoms with E-state index in [1.54, 1.807) is 0 Å². The first-order valence-electron chi connectivity index (χ1n) is 10.5. The van der Waals surface area contributed by atoms with Crippen molar-refractivity contribution in [1.82, 2.24) is 9.55 Å². The smallest absolute Gasteiger partial charge is 0.174 e. The van der Waals surface area contributed by atoms with Gasteiger partial charge in [0.25, 0.3) is 0 Å². The zero-order chi connectivity index (χ0) is 21.8. The van der Waals surface area contributed by atoms with Crippen LogP contribution in [0.1, 0.15) is 16.8 Å². The number of hydrogen-bond acceptors (Lipinski definition) is 3. The Bertz CT molecular complexity index is 1470. The third kappa shape index (κ3) is 4.10. The van der Waals surface area contributed by atoms with Gasteiger partial charge in [-0.3, -0.25) is 0 Å². The molecule has 3 aromatic carbocycles. The molecule has 0 saturated carbocycles. The third-order valence-corrected chi connectivity index (χ3v) is 5.41. The summed E-state index contributed by atoms with van der Waals surface area (Å²) in [6.07, 6.45) is 6.20. The predicted molar refractivity (Wildman–Crippen MR) is 129 cm³/mol. The molecule has 2 aromatic heterocycles. The summed E-state index contributed by atoms with van der Waals surface area (Å²) in [6, 6.07) is 30.8. The Hall–Kier alpha value is -4.36. The van der Waals surface area contributed by atoms with Gasteiger partial charge in [-0.25, -0.2) is 4.98 Å². The molecule has 32 heavy (non-hydrogen) atoms. The van der Waals surface area contributed by atoms with Crippen molar-refractivity contribution in [3.05, 3.63) is 108 Å². The molecule has 154 valence electrons. The molecule has 0 aliphatic heterocycles. The van der Waals surface area contributed by atoms with Crippen molar-refractivity contribution in [2.75, 3.05) is 6.61 Å². The van der Waals surface area contributed by atoms with Gasteiger partial charge < -0.3 is 9.30 Å². The first-order chi connectivity index (χ1) is 15.8. The van der Waals surface area contributed by atoms with E-state index in [1.165, 1.54) is 5.56 Å². The number of para-hydroxylation sites is 2. The van der Waals surface area contributed by atoms with Gasteiger partial charge in [0.1, 0.15) is 11.8 Å². The van der Waals surface area contributed by atoms with E-state index in [1.807, 2.05) is 48.5 Å². The molecule has 2 heterocycles. The van der Waals surface area contributed by atoms with Crippen LogP contribution in [-0.2, 0) is 6.54 Å². The van der Waals surface area contributed by atoms with Crippen LogP contribution >= 0.6 is 0 Å². The second-order valence-electron chi connectivity index (χ2n) is 7.59. The highest BCUT2D eigenvalue weighted by Crippen LogP contribution is 2.27. The quantitative estimate of drug-likeness (QED) is 0.326. The maximum Gasteiger partial charge on any atom is 0.174 e. The van der Waals surface area contributed by atoms with Crippen molar-refractivity contribution in [3.63, 3.8) is 0 Å². The van der Waals surface area contributed by atoms with E-state index >= 15 is 0 Å². The largest absolute Gasteiger partial charge is 0.477 e. The maximum absolute atomic E-state index is 8.88. The summed E-state index contributed by atoms with van der Waals surface area (Å²) in [7, 11) is 0. The molecule has 4 nitrogen and oxygen atoms in total. The number of hydrogen-bond donors (Lipinski definition) is 0. The average molecular weight is 415 g/mol. The van der Waals surface area contributed by atoms with Gasteiger partial charge in [-0.2, -0.15) is 5.26 Å². The third-order valence-electron chi connectivity index (χ3n) is 5.41. The van der Waals surface area contributed by atoms with Crippen molar-refractivity contribution in [1.29, 1.82) is 5.26 Å². The zero-order valence-electron chi connectivity index (χ0n) is 17.5. The lowest BCUT2D eigenvalue weighted by Crippen LogP contribution is -2.01. The highest BCUT2D eigenvalue weighted by atomic mass is 16.5. The number of rotatable bonds is 6. The van der Waals surface area contributed by atoms with Gasteiger partial charge in [-0.15, -0.1) is 0 Å². The second-order valence-corrected chi connectivity index (χ2v) is 7.59. The predicted octanol–water partition coefficient (Wildman–Crippen LogP) is 6.31. The lowest BCUT2D eigenvalue weighted by atomic mass is 10.1. The molecule has 0 spiro atoms. The van der Waals surface area contributed by atoms with Gasteiger partial charge in [-0.05, 0) is 47.5 Å². The lowest BCUT2D eigenvalue weighted by Gasteiger charge is -2.10. The normalized spacial score (nSPS) is 11.2. The molecular weight excluding hydrogens is 394 g/mol. The molecule has 0 radical (unpaired) electrons. The summed E-state index contributed by atoms with van der Waals surface area (Å²) in [5.41, 5.74) is 5.24. The van der Waals surface area contributed by atoms with Crippen LogP contribution in [0.25, 0.3) is 34.0 Å². The lowest BCUT2D eigenvalue weighted by molar-refractivity contribution is 0.371. The van der Waals surface area contributed by atoms with Crippen molar-refractivity contribution < 1.29 is 4.74 Å². The first kappa shape index (κ1) is 19.6. The Kier molecular flexibility index (Phi) is 5.38.